The number of thiocarbonyl (C=S) groups is 1. The Morgan fingerprint density at radius 1 is 1.32 bits per heavy atom. The predicted molar refractivity (Wildman–Crippen MR) is 101 cm³/mol. The van der Waals surface area contributed by atoms with Gasteiger partial charge in [-0.3, -0.25) is 20.3 Å². The number of nitro benzene ring substituents is 1. The Kier molecular flexibility index (Phi) is 5.78. The average Bonchev–Trinajstić information content (AvgIpc) is 2.55. The third-order valence-electron chi connectivity index (χ3n) is 3.27. The summed E-state index contributed by atoms with van der Waals surface area (Å²) in [6.07, 6.45) is 0. The summed E-state index contributed by atoms with van der Waals surface area (Å²) in [4.78, 5) is 22.9. The minimum Gasteiger partial charge on any atom is -0.374 e. The molecule has 0 fully saturated rings. The van der Waals surface area contributed by atoms with Gasteiger partial charge in [-0.2, -0.15) is 0 Å². The summed E-state index contributed by atoms with van der Waals surface area (Å²) in [6.45, 7) is 1.58. The highest BCUT2D eigenvalue weighted by molar-refractivity contribution is 7.80. The van der Waals surface area contributed by atoms with Crippen molar-refractivity contribution >= 4 is 57.8 Å². The lowest BCUT2D eigenvalue weighted by molar-refractivity contribution is -0.385. The molecule has 3 N–H and O–H groups in total. The molecule has 0 aliphatic carbocycles. The fourth-order valence-corrected chi connectivity index (χ4v) is 2.54. The van der Waals surface area contributed by atoms with E-state index < -0.39 is 10.8 Å². The number of hydrogen-bond acceptors (Lipinski definition) is 4. The normalized spacial score (nSPS) is 10.2. The summed E-state index contributed by atoms with van der Waals surface area (Å²) >= 11 is 17.0. The van der Waals surface area contributed by atoms with Gasteiger partial charge < -0.3 is 5.73 Å². The molecule has 0 spiro atoms. The zero-order valence-electron chi connectivity index (χ0n) is 12.8. The highest BCUT2D eigenvalue weighted by atomic mass is 35.5. The molecule has 0 atom stereocenters. The molecule has 0 radical (unpaired) electrons. The third kappa shape index (κ3) is 4.16. The van der Waals surface area contributed by atoms with E-state index in [0.29, 0.717) is 5.56 Å². The van der Waals surface area contributed by atoms with Crippen LogP contribution in [0.2, 0.25) is 10.0 Å². The number of nitrogens with zero attached hydrogens (tertiary/aromatic N) is 2. The fraction of sp³-hybridized carbons (Fsp3) is 0.0667. The van der Waals surface area contributed by atoms with E-state index in [-0.39, 0.29) is 32.1 Å². The molecule has 0 bridgehead atoms. The SMILES string of the molecule is Cc1ccc(C(=O)NN(C(N)=S)c2cccc(Cl)c2Cl)cc1[N+](=O)[O-]. The van der Waals surface area contributed by atoms with Gasteiger partial charge in [0.25, 0.3) is 11.6 Å². The number of carbonyl (C=O) groups excluding carboxylic acids is 1. The molecule has 2 aromatic rings. The molecule has 0 saturated carbocycles. The van der Waals surface area contributed by atoms with Crippen LogP contribution < -0.4 is 16.2 Å². The van der Waals surface area contributed by atoms with Crippen LogP contribution >= 0.6 is 35.4 Å². The molecule has 10 heteroatoms. The molecular weight excluding hydrogens is 387 g/mol. The van der Waals surface area contributed by atoms with Crippen molar-refractivity contribution in [1.82, 2.24) is 5.43 Å². The van der Waals surface area contributed by atoms with Crippen molar-refractivity contribution < 1.29 is 9.72 Å². The van der Waals surface area contributed by atoms with Crippen molar-refractivity contribution in [2.45, 2.75) is 6.92 Å². The maximum atomic E-state index is 12.4. The van der Waals surface area contributed by atoms with Crippen LogP contribution in [0, 0.1) is 17.0 Å². The highest BCUT2D eigenvalue weighted by Gasteiger charge is 2.20. The van der Waals surface area contributed by atoms with Crippen molar-refractivity contribution in [3.05, 3.63) is 67.7 Å². The summed E-state index contributed by atoms with van der Waals surface area (Å²) < 4.78 is 0. The van der Waals surface area contributed by atoms with Gasteiger partial charge in [-0.25, -0.2) is 5.01 Å². The van der Waals surface area contributed by atoms with E-state index in [4.69, 9.17) is 41.2 Å². The summed E-state index contributed by atoms with van der Waals surface area (Å²) in [5, 5.41) is 12.3. The van der Waals surface area contributed by atoms with Crippen molar-refractivity contribution in [2.75, 3.05) is 5.01 Å². The number of anilines is 1. The van der Waals surface area contributed by atoms with Crippen molar-refractivity contribution in [1.29, 1.82) is 0 Å². The van der Waals surface area contributed by atoms with E-state index in [1.54, 1.807) is 25.1 Å². The number of aryl methyl sites for hydroxylation is 1. The highest BCUT2D eigenvalue weighted by Crippen LogP contribution is 2.31. The van der Waals surface area contributed by atoms with E-state index in [1.807, 2.05) is 0 Å². The Morgan fingerprint density at radius 2 is 2.00 bits per heavy atom. The molecule has 0 unspecified atom stereocenters. The molecule has 0 heterocycles. The number of hydrogen-bond donors (Lipinski definition) is 2. The monoisotopic (exact) mass is 398 g/mol. The molecule has 1 amide bonds. The standard InChI is InChI=1S/C15H12Cl2N4O3S/c1-8-5-6-9(7-12(8)21(23)24)14(22)19-20(15(18)25)11-4-2-3-10(16)13(11)17/h2-7H,1H3,(H2,18,25)(H,19,22). The number of nitrogens with one attached hydrogen (secondary N) is 1. The first-order valence-electron chi connectivity index (χ1n) is 6.82. The van der Waals surface area contributed by atoms with Gasteiger partial charge in [0.1, 0.15) is 0 Å². The van der Waals surface area contributed by atoms with E-state index in [9.17, 15) is 14.9 Å². The zero-order valence-corrected chi connectivity index (χ0v) is 15.2. The number of hydrazine groups is 1. The first kappa shape index (κ1) is 18.9. The topological polar surface area (TPSA) is 102 Å². The summed E-state index contributed by atoms with van der Waals surface area (Å²) in [6, 6.07) is 8.83. The van der Waals surface area contributed by atoms with E-state index in [0.717, 1.165) is 5.01 Å². The molecule has 2 rings (SSSR count). The van der Waals surface area contributed by atoms with Gasteiger partial charge in [0, 0.05) is 17.2 Å². The first-order valence-corrected chi connectivity index (χ1v) is 7.98. The first-order chi connectivity index (χ1) is 11.7. The molecule has 0 aliphatic heterocycles. The van der Waals surface area contributed by atoms with Crippen LogP contribution in [0.1, 0.15) is 15.9 Å². The van der Waals surface area contributed by atoms with Crippen LogP contribution in [-0.2, 0) is 0 Å². The molecular formula is C15H12Cl2N4O3S. The van der Waals surface area contributed by atoms with Crippen LogP contribution in [0.25, 0.3) is 0 Å². The maximum absolute atomic E-state index is 12.4. The largest absolute Gasteiger partial charge is 0.374 e. The summed E-state index contributed by atoms with van der Waals surface area (Å²) in [7, 11) is 0. The molecule has 0 saturated heterocycles. The second-order valence-electron chi connectivity index (χ2n) is 4.95. The number of nitro groups is 1. The number of rotatable bonds is 3. The minimum absolute atomic E-state index is 0.0664. The van der Waals surface area contributed by atoms with E-state index >= 15 is 0 Å². The van der Waals surface area contributed by atoms with Gasteiger partial charge in [0.2, 0.25) is 0 Å². The maximum Gasteiger partial charge on any atom is 0.273 e. The minimum atomic E-state index is -0.646. The smallest absolute Gasteiger partial charge is 0.273 e. The fourth-order valence-electron chi connectivity index (χ4n) is 2.01. The molecule has 7 nitrogen and oxygen atoms in total. The molecule has 130 valence electrons. The van der Waals surface area contributed by atoms with Gasteiger partial charge in [0.15, 0.2) is 5.11 Å². The summed E-state index contributed by atoms with van der Waals surface area (Å²) in [5.74, 6) is -0.646. The second-order valence-corrected chi connectivity index (χ2v) is 6.15. The lowest BCUT2D eigenvalue weighted by Crippen LogP contribution is -2.49. The third-order valence-corrected chi connectivity index (χ3v) is 4.27. The molecule has 0 aliphatic rings. The van der Waals surface area contributed by atoms with Crippen LogP contribution in [0.4, 0.5) is 11.4 Å². The Morgan fingerprint density at radius 3 is 2.60 bits per heavy atom. The van der Waals surface area contributed by atoms with Crippen LogP contribution in [0.3, 0.4) is 0 Å². The van der Waals surface area contributed by atoms with Gasteiger partial charge in [-0.15, -0.1) is 0 Å². The van der Waals surface area contributed by atoms with Crippen molar-refractivity contribution in [2.24, 2.45) is 5.73 Å². The van der Waals surface area contributed by atoms with E-state index in [1.165, 1.54) is 18.2 Å². The number of amides is 1. The van der Waals surface area contributed by atoms with Gasteiger partial charge in [-0.1, -0.05) is 35.3 Å². The van der Waals surface area contributed by atoms with Crippen molar-refractivity contribution in [3.63, 3.8) is 0 Å². The lowest BCUT2D eigenvalue weighted by atomic mass is 10.1. The van der Waals surface area contributed by atoms with Gasteiger partial charge in [0.05, 0.1) is 20.7 Å². The van der Waals surface area contributed by atoms with Crippen LogP contribution in [-0.4, -0.2) is 15.9 Å². The number of nitrogens with two attached hydrogens (primary N) is 1. The van der Waals surface area contributed by atoms with Crippen LogP contribution in [0.15, 0.2) is 36.4 Å². The molecule has 2 aromatic carbocycles. The number of halogens is 2. The molecule has 25 heavy (non-hydrogen) atoms. The second kappa shape index (κ2) is 7.64. The summed E-state index contributed by atoms with van der Waals surface area (Å²) in [5.41, 5.74) is 8.72. The van der Waals surface area contributed by atoms with Gasteiger partial charge in [-0.05, 0) is 37.3 Å². The van der Waals surface area contributed by atoms with E-state index in [2.05, 4.69) is 5.43 Å². The van der Waals surface area contributed by atoms with Crippen molar-refractivity contribution in [3.8, 4) is 0 Å². The quantitative estimate of drug-likeness (QED) is 0.465. The Bertz CT molecular complexity index is 876. The Labute approximate surface area is 158 Å². The Hall–Kier alpha value is -2.42. The predicted octanol–water partition coefficient (Wildman–Crippen LogP) is 3.61. The molecule has 0 aromatic heterocycles. The Balaban J connectivity index is 2.36. The lowest BCUT2D eigenvalue weighted by Gasteiger charge is -2.24. The number of carbonyl (C=O) groups is 1. The number of benzene rings is 2. The van der Waals surface area contributed by atoms with Crippen LogP contribution in [0.5, 0.6) is 0 Å². The van der Waals surface area contributed by atoms with Gasteiger partial charge >= 0.3 is 0 Å². The zero-order chi connectivity index (χ0) is 18.7. The average molecular weight is 399 g/mol.